The highest BCUT2D eigenvalue weighted by molar-refractivity contribution is 9.10. The molecule has 0 aliphatic carbocycles. The van der Waals surface area contributed by atoms with E-state index < -0.39 is 17.6 Å². The van der Waals surface area contributed by atoms with Crippen LogP contribution in [0.25, 0.3) is 6.08 Å². The molecule has 1 N–H and O–H groups in total. The topological polar surface area (TPSA) is 58.1 Å². The van der Waals surface area contributed by atoms with Crippen LogP contribution in [0.3, 0.4) is 0 Å². The predicted molar refractivity (Wildman–Crippen MR) is 143 cm³/mol. The van der Waals surface area contributed by atoms with Crippen LogP contribution in [-0.2, 0) is 6.18 Å². The fourth-order valence-electron chi connectivity index (χ4n) is 4.15. The van der Waals surface area contributed by atoms with Gasteiger partial charge in [-0.15, -0.1) is 0 Å². The van der Waals surface area contributed by atoms with Crippen LogP contribution < -0.4 is 5.32 Å². The third kappa shape index (κ3) is 7.31. The van der Waals surface area contributed by atoms with Crippen LogP contribution in [0, 0.1) is 0 Å². The summed E-state index contributed by atoms with van der Waals surface area (Å²) in [5.41, 5.74) is 0.738. The molecule has 1 saturated heterocycles. The van der Waals surface area contributed by atoms with Crippen molar-refractivity contribution >= 4 is 56.8 Å². The van der Waals surface area contributed by atoms with Gasteiger partial charge >= 0.3 is 6.18 Å². The Morgan fingerprint density at radius 1 is 1.14 bits per heavy atom. The van der Waals surface area contributed by atoms with E-state index in [0.717, 1.165) is 31.3 Å². The van der Waals surface area contributed by atoms with Crippen LogP contribution in [0.2, 0.25) is 10.2 Å². The van der Waals surface area contributed by atoms with E-state index in [0.29, 0.717) is 23.6 Å². The second-order valence-corrected chi connectivity index (χ2v) is 10.2. The highest BCUT2D eigenvalue weighted by atomic mass is 79.9. The summed E-state index contributed by atoms with van der Waals surface area (Å²) in [6.45, 7) is 2.22. The molecule has 1 amide bonds. The van der Waals surface area contributed by atoms with E-state index in [1.807, 2.05) is 30.3 Å². The number of anilines is 1. The molecule has 3 heterocycles. The molecule has 2 aromatic heterocycles. The molecule has 5 nitrogen and oxygen atoms in total. The van der Waals surface area contributed by atoms with Gasteiger partial charge in [0.2, 0.25) is 0 Å². The summed E-state index contributed by atoms with van der Waals surface area (Å²) < 4.78 is 40.5. The third-order valence-corrected chi connectivity index (χ3v) is 7.13. The van der Waals surface area contributed by atoms with Gasteiger partial charge in [-0.1, -0.05) is 47.5 Å². The lowest BCUT2D eigenvalue weighted by Gasteiger charge is -2.32. The summed E-state index contributed by atoms with van der Waals surface area (Å²) in [6.07, 6.45) is 2.19. The Balaban J connectivity index is 1.49. The van der Waals surface area contributed by atoms with Crippen molar-refractivity contribution in [3.63, 3.8) is 0 Å². The van der Waals surface area contributed by atoms with Gasteiger partial charge in [0.15, 0.2) is 0 Å². The Bertz CT molecular complexity index is 1290. The average molecular weight is 614 g/mol. The fourth-order valence-corrected chi connectivity index (χ4v) is 4.98. The van der Waals surface area contributed by atoms with E-state index in [4.69, 9.17) is 23.2 Å². The number of halogens is 6. The second-order valence-electron chi connectivity index (χ2n) is 8.61. The summed E-state index contributed by atoms with van der Waals surface area (Å²) in [7, 11) is 0. The number of alkyl halides is 3. The Hall–Kier alpha value is -2.46. The van der Waals surface area contributed by atoms with E-state index in [-0.39, 0.29) is 26.9 Å². The molecular weight excluding hydrogens is 592 g/mol. The molecule has 0 spiro atoms. The monoisotopic (exact) mass is 612 g/mol. The lowest BCUT2D eigenvalue weighted by atomic mass is 9.91. The molecule has 3 aromatic rings. The van der Waals surface area contributed by atoms with Crippen molar-refractivity contribution in [1.29, 1.82) is 0 Å². The van der Waals surface area contributed by atoms with Crippen LogP contribution in [0.4, 0.5) is 18.9 Å². The van der Waals surface area contributed by atoms with Gasteiger partial charge in [-0.3, -0.25) is 9.69 Å². The summed E-state index contributed by atoms with van der Waals surface area (Å²) in [5, 5.41) is 3.41. The van der Waals surface area contributed by atoms with E-state index in [2.05, 4.69) is 42.2 Å². The first-order valence-corrected chi connectivity index (χ1v) is 13.0. The molecule has 1 fully saturated rings. The lowest BCUT2D eigenvalue weighted by molar-refractivity contribution is -0.138. The number of piperidine rings is 1. The highest BCUT2D eigenvalue weighted by Crippen LogP contribution is 2.40. The maximum absolute atomic E-state index is 13.6. The zero-order valence-electron chi connectivity index (χ0n) is 19.4. The minimum Gasteiger partial charge on any atom is -0.320 e. The molecule has 0 unspecified atom stereocenters. The van der Waals surface area contributed by atoms with Gasteiger partial charge in [0.05, 0.1) is 16.9 Å². The minimum absolute atomic E-state index is 0.0366. The number of nitrogens with one attached hydrogen (secondary N) is 1. The summed E-state index contributed by atoms with van der Waals surface area (Å²) in [6, 6.07) is 11.3. The van der Waals surface area contributed by atoms with E-state index in [1.54, 1.807) is 0 Å². The number of likely N-dealkylation sites (tertiary alicyclic amines) is 1. The number of nitrogens with zero attached hydrogens (tertiary/aromatic N) is 3. The lowest BCUT2D eigenvalue weighted by Crippen LogP contribution is -2.33. The van der Waals surface area contributed by atoms with Crippen LogP contribution in [0.15, 0.2) is 59.3 Å². The number of benzene rings is 1. The Morgan fingerprint density at radius 2 is 1.84 bits per heavy atom. The Labute approximate surface area is 230 Å². The smallest absolute Gasteiger partial charge is 0.320 e. The summed E-state index contributed by atoms with van der Waals surface area (Å²) >= 11 is 14.8. The SMILES string of the molecule is O=C(Nc1cc(C(F)(F)F)c(Br)nc1C1CCN(C/C=C/c2ccc(Cl)cc2)CC1)c1ccnc(Cl)c1. The normalized spacial score (nSPS) is 15.3. The van der Waals surface area contributed by atoms with Crippen molar-refractivity contribution in [1.82, 2.24) is 14.9 Å². The molecule has 0 saturated carbocycles. The third-order valence-electron chi connectivity index (χ3n) is 6.07. The summed E-state index contributed by atoms with van der Waals surface area (Å²) in [5.74, 6) is -0.709. The highest BCUT2D eigenvalue weighted by Gasteiger charge is 2.36. The van der Waals surface area contributed by atoms with Crippen LogP contribution in [0.1, 0.15) is 45.9 Å². The van der Waals surface area contributed by atoms with Gasteiger partial charge in [-0.05, 0) is 77.8 Å². The van der Waals surface area contributed by atoms with Crippen LogP contribution in [0.5, 0.6) is 0 Å². The Morgan fingerprint density at radius 3 is 2.49 bits per heavy atom. The standard InChI is InChI=1S/C26H22BrCl2F3N4O/c27-24-20(26(30,31)32)15-21(34-25(37)18-7-10-33-22(29)14-18)23(35-24)17-8-12-36(13-9-17)11-1-2-16-3-5-19(28)6-4-16/h1-7,10,14-15,17H,8-9,11-13H2,(H,34,37)/b2-1+. The molecule has 0 atom stereocenters. The predicted octanol–water partition coefficient (Wildman–Crippen LogP) is 7.71. The number of amides is 1. The number of hydrogen-bond donors (Lipinski definition) is 1. The van der Waals surface area contributed by atoms with Crippen molar-refractivity contribution in [3.05, 3.63) is 91.9 Å². The van der Waals surface area contributed by atoms with Gasteiger partial charge < -0.3 is 5.32 Å². The van der Waals surface area contributed by atoms with Crippen LogP contribution in [-0.4, -0.2) is 40.4 Å². The van der Waals surface area contributed by atoms with Crippen molar-refractivity contribution in [2.75, 3.05) is 25.0 Å². The average Bonchev–Trinajstić information content (AvgIpc) is 2.86. The molecule has 1 aliphatic rings. The number of carbonyl (C=O) groups is 1. The maximum atomic E-state index is 13.6. The van der Waals surface area contributed by atoms with E-state index >= 15 is 0 Å². The Kier molecular flexibility index (Phi) is 8.90. The largest absolute Gasteiger partial charge is 0.419 e. The van der Waals surface area contributed by atoms with Gasteiger partial charge in [-0.2, -0.15) is 13.2 Å². The molecule has 1 aromatic carbocycles. The van der Waals surface area contributed by atoms with E-state index in [9.17, 15) is 18.0 Å². The fraction of sp³-hybridized carbons (Fsp3) is 0.269. The number of aromatic nitrogens is 2. The molecule has 1 aliphatic heterocycles. The molecule has 4 rings (SSSR count). The number of pyridine rings is 2. The summed E-state index contributed by atoms with van der Waals surface area (Å²) in [4.78, 5) is 23.2. The van der Waals surface area contributed by atoms with Crippen LogP contribution >= 0.6 is 39.1 Å². The van der Waals surface area contributed by atoms with Crippen molar-refractivity contribution in [3.8, 4) is 0 Å². The molecular formula is C26H22BrCl2F3N4O. The van der Waals surface area contributed by atoms with Gasteiger partial charge in [0.1, 0.15) is 9.76 Å². The second kappa shape index (κ2) is 11.9. The van der Waals surface area contributed by atoms with Crippen molar-refractivity contribution in [2.45, 2.75) is 24.9 Å². The zero-order chi connectivity index (χ0) is 26.6. The first-order valence-electron chi connectivity index (χ1n) is 11.4. The first-order chi connectivity index (χ1) is 17.6. The van der Waals surface area contributed by atoms with Crippen molar-refractivity contribution in [2.24, 2.45) is 0 Å². The molecule has 0 bridgehead atoms. The number of carbonyl (C=O) groups excluding carboxylic acids is 1. The van der Waals surface area contributed by atoms with Gasteiger partial charge in [-0.25, -0.2) is 9.97 Å². The number of hydrogen-bond acceptors (Lipinski definition) is 4. The molecule has 0 radical (unpaired) electrons. The van der Waals surface area contributed by atoms with Gasteiger partial charge in [0, 0.05) is 29.2 Å². The number of rotatable bonds is 6. The maximum Gasteiger partial charge on any atom is 0.419 e. The first kappa shape index (κ1) is 27.6. The minimum atomic E-state index is -4.64. The quantitative estimate of drug-likeness (QED) is 0.289. The molecule has 11 heteroatoms. The molecule has 37 heavy (non-hydrogen) atoms. The molecule has 194 valence electrons. The van der Waals surface area contributed by atoms with Gasteiger partial charge in [0.25, 0.3) is 5.91 Å². The van der Waals surface area contributed by atoms with E-state index in [1.165, 1.54) is 18.3 Å². The van der Waals surface area contributed by atoms with Crippen molar-refractivity contribution < 1.29 is 18.0 Å². The zero-order valence-corrected chi connectivity index (χ0v) is 22.5.